The molecule has 1 aliphatic carbocycles. The van der Waals surface area contributed by atoms with Crippen LogP contribution >= 0.6 is 0 Å². The maximum Gasteiger partial charge on any atom is 0.131 e. The van der Waals surface area contributed by atoms with Crippen LogP contribution in [0.25, 0.3) is 10.8 Å². The van der Waals surface area contributed by atoms with Crippen molar-refractivity contribution >= 4 is 10.8 Å². The predicted molar refractivity (Wildman–Crippen MR) is 106 cm³/mol. The molecule has 0 spiro atoms. The minimum Gasteiger partial charge on any atom is -0.490 e. The minimum atomic E-state index is -0.0345. The molecule has 0 amide bonds. The highest BCUT2D eigenvalue weighted by molar-refractivity contribution is 5.99. The van der Waals surface area contributed by atoms with E-state index in [0.29, 0.717) is 13.2 Å². The molecule has 2 aliphatic heterocycles. The third kappa shape index (κ3) is 3.39. The van der Waals surface area contributed by atoms with Crippen molar-refractivity contribution in [2.45, 2.75) is 45.5 Å². The number of allylic oxidation sites excluding steroid dienone is 2. The first kappa shape index (κ1) is 18.0. The Morgan fingerprint density at radius 2 is 1.68 bits per heavy atom. The molecule has 0 saturated carbocycles. The fourth-order valence-corrected chi connectivity index (χ4v) is 4.06. The zero-order valence-electron chi connectivity index (χ0n) is 16.4. The maximum atomic E-state index is 10.1. The molecule has 2 atom stereocenters. The molecule has 3 aliphatic rings. The lowest BCUT2D eigenvalue weighted by Crippen LogP contribution is -2.14. The fourth-order valence-electron chi connectivity index (χ4n) is 4.06. The smallest absolute Gasteiger partial charge is 0.131 e. The SMILES string of the molecule is CC1=CCc2c(c(OCC3CO3)c3c(CO)cc(C)cc3c2OCC2CO2)C1. The number of hydrogen-bond acceptors (Lipinski definition) is 5. The molecular formula is C23H26O5. The van der Waals surface area contributed by atoms with Gasteiger partial charge in [0.25, 0.3) is 0 Å². The van der Waals surface area contributed by atoms with E-state index in [1.165, 1.54) is 16.7 Å². The Kier molecular flexibility index (Phi) is 4.54. The number of aliphatic hydroxyl groups is 1. The molecule has 2 saturated heterocycles. The van der Waals surface area contributed by atoms with E-state index in [1.54, 1.807) is 0 Å². The van der Waals surface area contributed by atoms with Crippen LogP contribution in [-0.4, -0.2) is 43.7 Å². The number of benzene rings is 2. The lowest BCUT2D eigenvalue weighted by molar-refractivity contribution is 0.257. The average molecular weight is 382 g/mol. The fraction of sp³-hybridized carbons (Fsp3) is 0.478. The first-order chi connectivity index (χ1) is 13.6. The average Bonchev–Trinajstić information content (AvgIpc) is 3.59. The van der Waals surface area contributed by atoms with Crippen LogP contribution in [0.3, 0.4) is 0 Å². The lowest BCUT2D eigenvalue weighted by Gasteiger charge is -2.26. The third-order valence-electron chi connectivity index (χ3n) is 5.66. The van der Waals surface area contributed by atoms with Crippen molar-refractivity contribution in [3.63, 3.8) is 0 Å². The molecule has 5 heteroatoms. The monoisotopic (exact) mass is 382 g/mol. The quantitative estimate of drug-likeness (QED) is 0.588. The molecule has 0 aromatic heterocycles. The molecule has 1 N–H and O–H groups in total. The molecule has 5 rings (SSSR count). The van der Waals surface area contributed by atoms with Gasteiger partial charge in [0.1, 0.15) is 36.9 Å². The topological polar surface area (TPSA) is 63.8 Å². The normalized spacial score (nSPS) is 22.6. The molecule has 2 heterocycles. The lowest BCUT2D eigenvalue weighted by atomic mass is 9.86. The van der Waals surface area contributed by atoms with Gasteiger partial charge in [-0.1, -0.05) is 17.7 Å². The third-order valence-corrected chi connectivity index (χ3v) is 5.66. The molecular weight excluding hydrogens is 356 g/mol. The van der Waals surface area contributed by atoms with Gasteiger partial charge in [-0.3, -0.25) is 0 Å². The van der Waals surface area contributed by atoms with E-state index < -0.39 is 0 Å². The summed E-state index contributed by atoms with van der Waals surface area (Å²) in [6, 6.07) is 4.18. The van der Waals surface area contributed by atoms with Crippen molar-refractivity contribution in [3.05, 3.63) is 46.0 Å². The zero-order valence-corrected chi connectivity index (χ0v) is 16.4. The molecule has 28 heavy (non-hydrogen) atoms. The summed E-state index contributed by atoms with van der Waals surface area (Å²) in [5.74, 6) is 1.80. The summed E-state index contributed by atoms with van der Waals surface area (Å²) < 4.78 is 23.3. The van der Waals surface area contributed by atoms with Gasteiger partial charge in [-0.25, -0.2) is 0 Å². The van der Waals surface area contributed by atoms with Crippen molar-refractivity contribution in [1.82, 2.24) is 0 Å². The van der Waals surface area contributed by atoms with Crippen LogP contribution in [0.2, 0.25) is 0 Å². The number of epoxide rings is 2. The standard InChI is InChI=1S/C23H26O5/c1-13-3-4-18-19(6-13)23(28-12-17-10-26-17)21-15(8-24)5-14(2)7-20(21)22(18)27-11-16-9-25-16/h3,5,7,16-17,24H,4,6,8-12H2,1-2H3. The van der Waals surface area contributed by atoms with E-state index in [2.05, 4.69) is 26.0 Å². The van der Waals surface area contributed by atoms with Gasteiger partial charge in [-0.2, -0.15) is 0 Å². The van der Waals surface area contributed by atoms with E-state index in [4.69, 9.17) is 18.9 Å². The van der Waals surface area contributed by atoms with E-state index in [0.717, 1.165) is 59.5 Å². The van der Waals surface area contributed by atoms with Gasteiger partial charge in [-0.15, -0.1) is 0 Å². The number of aliphatic hydroxyl groups excluding tert-OH is 1. The van der Waals surface area contributed by atoms with Crippen LogP contribution in [0.5, 0.6) is 11.5 Å². The summed E-state index contributed by atoms with van der Waals surface area (Å²) in [5.41, 5.74) is 5.68. The van der Waals surface area contributed by atoms with Gasteiger partial charge in [0.15, 0.2) is 0 Å². The van der Waals surface area contributed by atoms with Crippen LogP contribution in [-0.2, 0) is 28.9 Å². The van der Waals surface area contributed by atoms with Crippen LogP contribution in [0.15, 0.2) is 23.8 Å². The van der Waals surface area contributed by atoms with E-state index in [1.807, 2.05) is 6.07 Å². The maximum absolute atomic E-state index is 10.1. The Morgan fingerprint density at radius 1 is 1.00 bits per heavy atom. The van der Waals surface area contributed by atoms with Crippen molar-refractivity contribution in [2.24, 2.45) is 0 Å². The largest absolute Gasteiger partial charge is 0.490 e. The zero-order chi connectivity index (χ0) is 19.3. The van der Waals surface area contributed by atoms with Crippen LogP contribution < -0.4 is 9.47 Å². The molecule has 0 bridgehead atoms. The van der Waals surface area contributed by atoms with Crippen molar-refractivity contribution in [2.75, 3.05) is 26.4 Å². The molecule has 2 aromatic rings. The Balaban J connectivity index is 1.72. The first-order valence-electron chi connectivity index (χ1n) is 10.00. The Hall–Kier alpha value is -2.08. The number of fused-ring (bicyclic) bond motifs is 2. The van der Waals surface area contributed by atoms with E-state index >= 15 is 0 Å². The molecule has 2 aromatic carbocycles. The van der Waals surface area contributed by atoms with Crippen LogP contribution in [0.4, 0.5) is 0 Å². The van der Waals surface area contributed by atoms with E-state index in [-0.39, 0.29) is 18.8 Å². The highest BCUT2D eigenvalue weighted by Crippen LogP contribution is 2.46. The van der Waals surface area contributed by atoms with Crippen molar-refractivity contribution in [1.29, 1.82) is 0 Å². The van der Waals surface area contributed by atoms with Gasteiger partial charge in [0.2, 0.25) is 0 Å². The summed E-state index contributed by atoms with van der Waals surface area (Å²) in [5, 5.41) is 12.1. The predicted octanol–water partition coefficient (Wildman–Crippen LogP) is 3.24. The summed E-state index contributed by atoms with van der Waals surface area (Å²) in [7, 11) is 0. The highest BCUT2D eigenvalue weighted by Gasteiger charge is 2.30. The molecule has 148 valence electrons. The van der Waals surface area contributed by atoms with Crippen molar-refractivity contribution < 1.29 is 24.1 Å². The first-order valence-corrected chi connectivity index (χ1v) is 10.00. The molecule has 2 unspecified atom stereocenters. The van der Waals surface area contributed by atoms with Crippen LogP contribution in [0, 0.1) is 6.92 Å². The molecule has 5 nitrogen and oxygen atoms in total. The number of hydrogen-bond donors (Lipinski definition) is 1. The second-order valence-corrected chi connectivity index (χ2v) is 8.08. The minimum absolute atomic E-state index is 0.0345. The number of aryl methyl sites for hydroxylation is 1. The Bertz CT molecular complexity index is 954. The molecule has 0 radical (unpaired) electrons. The van der Waals surface area contributed by atoms with E-state index in [9.17, 15) is 5.11 Å². The summed E-state index contributed by atoms with van der Waals surface area (Å²) in [6.45, 7) is 6.79. The van der Waals surface area contributed by atoms with Gasteiger partial charge in [0.05, 0.1) is 19.8 Å². The van der Waals surface area contributed by atoms with Crippen LogP contribution in [0.1, 0.15) is 29.2 Å². The summed E-state index contributed by atoms with van der Waals surface area (Å²) >= 11 is 0. The highest BCUT2D eigenvalue weighted by atomic mass is 16.6. The second kappa shape index (κ2) is 7.07. The Morgan fingerprint density at radius 3 is 2.32 bits per heavy atom. The van der Waals surface area contributed by atoms with Gasteiger partial charge < -0.3 is 24.1 Å². The van der Waals surface area contributed by atoms with Gasteiger partial charge in [0, 0.05) is 21.9 Å². The number of ether oxygens (including phenoxy) is 4. The number of rotatable bonds is 7. The van der Waals surface area contributed by atoms with Gasteiger partial charge >= 0.3 is 0 Å². The summed E-state index contributed by atoms with van der Waals surface area (Å²) in [4.78, 5) is 0. The second-order valence-electron chi connectivity index (χ2n) is 8.08. The molecule has 2 fully saturated rings. The summed E-state index contributed by atoms with van der Waals surface area (Å²) in [6.07, 6.45) is 4.30. The van der Waals surface area contributed by atoms with Crippen molar-refractivity contribution in [3.8, 4) is 11.5 Å². The van der Waals surface area contributed by atoms with Gasteiger partial charge in [-0.05, 0) is 43.9 Å². The Labute approximate surface area is 164 Å².